The Labute approximate surface area is 163 Å². The SMILES string of the molecule is COC(=O)[C@H](CN)N1CCN(Cc2ccc(C)cc2)CC1.Cl.Cl.Cl. The van der Waals surface area contributed by atoms with Crippen LogP contribution < -0.4 is 5.73 Å². The van der Waals surface area contributed by atoms with E-state index in [1.807, 2.05) is 0 Å². The summed E-state index contributed by atoms with van der Waals surface area (Å²) in [5.41, 5.74) is 8.31. The third kappa shape index (κ3) is 7.13. The molecule has 140 valence electrons. The fourth-order valence-electron chi connectivity index (χ4n) is 2.72. The first-order chi connectivity index (χ1) is 10.1. The van der Waals surface area contributed by atoms with E-state index in [0.717, 1.165) is 32.7 Å². The summed E-state index contributed by atoms with van der Waals surface area (Å²) in [6, 6.07) is 8.34. The van der Waals surface area contributed by atoms with Crippen LogP contribution in [0.15, 0.2) is 24.3 Å². The van der Waals surface area contributed by atoms with Gasteiger partial charge in [-0.2, -0.15) is 0 Å². The summed E-state index contributed by atoms with van der Waals surface area (Å²) < 4.78 is 4.82. The Hall–Kier alpha value is -0.560. The topological polar surface area (TPSA) is 58.8 Å². The average Bonchev–Trinajstić information content (AvgIpc) is 2.51. The number of carbonyl (C=O) groups is 1. The number of nitrogens with two attached hydrogens (primary N) is 1. The maximum absolute atomic E-state index is 11.7. The van der Waals surface area contributed by atoms with Crippen molar-refractivity contribution in [2.75, 3.05) is 39.8 Å². The number of nitrogens with zero attached hydrogens (tertiary/aromatic N) is 2. The summed E-state index contributed by atoms with van der Waals surface area (Å²) in [5, 5.41) is 0. The minimum Gasteiger partial charge on any atom is -0.468 e. The normalized spacial score (nSPS) is 16.1. The zero-order valence-electron chi connectivity index (χ0n) is 14.1. The number of aryl methyl sites for hydroxylation is 1. The number of hydrogen-bond acceptors (Lipinski definition) is 5. The summed E-state index contributed by atoms with van der Waals surface area (Å²) in [6.07, 6.45) is 0. The fourth-order valence-corrected chi connectivity index (χ4v) is 2.72. The average molecular weight is 401 g/mol. The van der Waals surface area contributed by atoms with E-state index in [1.54, 1.807) is 0 Å². The van der Waals surface area contributed by atoms with Crippen LogP contribution in [0.5, 0.6) is 0 Å². The Morgan fingerprint density at radius 2 is 1.67 bits per heavy atom. The highest BCUT2D eigenvalue weighted by molar-refractivity contribution is 5.86. The standard InChI is InChI=1S/C16H25N3O2.3ClH/c1-13-3-5-14(6-4-13)12-18-7-9-19(10-8-18)15(11-17)16(20)21-2;;;/h3-6,15H,7-12,17H2,1-2H3;3*1H/t15-;;;/m0.../s1. The van der Waals surface area contributed by atoms with E-state index in [-0.39, 0.29) is 49.2 Å². The molecule has 1 aliphatic rings. The number of carbonyl (C=O) groups excluding carboxylic acids is 1. The van der Waals surface area contributed by atoms with Gasteiger partial charge in [0.15, 0.2) is 0 Å². The van der Waals surface area contributed by atoms with Gasteiger partial charge < -0.3 is 10.5 Å². The minimum atomic E-state index is -0.309. The molecule has 1 aromatic carbocycles. The van der Waals surface area contributed by atoms with Crippen molar-refractivity contribution < 1.29 is 9.53 Å². The van der Waals surface area contributed by atoms with E-state index in [2.05, 4.69) is 41.0 Å². The van der Waals surface area contributed by atoms with Crippen molar-refractivity contribution in [1.29, 1.82) is 0 Å². The van der Waals surface area contributed by atoms with E-state index in [4.69, 9.17) is 10.5 Å². The Morgan fingerprint density at radius 3 is 2.12 bits per heavy atom. The lowest BCUT2D eigenvalue weighted by atomic mass is 10.1. The second-order valence-corrected chi connectivity index (χ2v) is 5.57. The van der Waals surface area contributed by atoms with Crippen LogP contribution in [0.2, 0.25) is 0 Å². The Kier molecular flexibility index (Phi) is 13.6. The van der Waals surface area contributed by atoms with Crippen molar-refractivity contribution in [2.24, 2.45) is 5.73 Å². The molecule has 0 saturated carbocycles. The number of hydrogen-bond donors (Lipinski definition) is 1. The molecule has 1 atom stereocenters. The molecule has 2 N–H and O–H groups in total. The van der Waals surface area contributed by atoms with Gasteiger partial charge in [0, 0.05) is 39.3 Å². The van der Waals surface area contributed by atoms with Crippen LogP contribution in [0.25, 0.3) is 0 Å². The lowest BCUT2D eigenvalue weighted by molar-refractivity contribution is -0.147. The van der Waals surface area contributed by atoms with Crippen LogP contribution in [0.1, 0.15) is 11.1 Å². The van der Waals surface area contributed by atoms with Crippen LogP contribution in [0.4, 0.5) is 0 Å². The van der Waals surface area contributed by atoms with Gasteiger partial charge >= 0.3 is 5.97 Å². The molecule has 24 heavy (non-hydrogen) atoms. The summed E-state index contributed by atoms with van der Waals surface area (Å²) in [7, 11) is 1.42. The zero-order chi connectivity index (χ0) is 15.2. The van der Waals surface area contributed by atoms with E-state index in [9.17, 15) is 4.79 Å². The number of esters is 1. The Balaban J connectivity index is 0. The molecule has 0 amide bonds. The highest BCUT2D eigenvalue weighted by Gasteiger charge is 2.28. The van der Waals surface area contributed by atoms with E-state index in [0.29, 0.717) is 6.54 Å². The molecule has 1 fully saturated rings. The molecule has 0 radical (unpaired) electrons. The van der Waals surface area contributed by atoms with Gasteiger partial charge in [-0.1, -0.05) is 29.8 Å². The maximum atomic E-state index is 11.7. The first-order valence-electron chi connectivity index (χ1n) is 7.44. The fraction of sp³-hybridized carbons (Fsp3) is 0.562. The van der Waals surface area contributed by atoms with Gasteiger partial charge in [-0.15, -0.1) is 37.2 Å². The third-order valence-corrected chi connectivity index (χ3v) is 4.07. The molecule has 0 spiro atoms. The molecule has 0 bridgehead atoms. The molecule has 1 aromatic rings. The lowest BCUT2D eigenvalue weighted by Crippen LogP contribution is -2.55. The summed E-state index contributed by atoms with van der Waals surface area (Å²) in [4.78, 5) is 16.2. The van der Waals surface area contributed by atoms with E-state index in [1.165, 1.54) is 18.2 Å². The molecule has 0 unspecified atom stereocenters. The Morgan fingerprint density at radius 1 is 1.12 bits per heavy atom. The van der Waals surface area contributed by atoms with Gasteiger partial charge in [0.05, 0.1) is 7.11 Å². The molecule has 1 saturated heterocycles. The number of methoxy groups -OCH3 is 1. The maximum Gasteiger partial charge on any atom is 0.324 e. The predicted molar refractivity (Wildman–Crippen MR) is 105 cm³/mol. The second-order valence-electron chi connectivity index (χ2n) is 5.57. The second kappa shape index (κ2) is 12.8. The molecule has 5 nitrogen and oxygen atoms in total. The van der Waals surface area contributed by atoms with Gasteiger partial charge in [0.2, 0.25) is 0 Å². The van der Waals surface area contributed by atoms with Crippen molar-refractivity contribution in [3.8, 4) is 0 Å². The van der Waals surface area contributed by atoms with Gasteiger partial charge in [-0.3, -0.25) is 14.6 Å². The van der Waals surface area contributed by atoms with Crippen molar-refractivity contribution in [1.82, 2.24) is 9.80 Å². The monoisotopic (exact) mass is 399 g/mol. The van der Waals surface area contributed by atoms with Crippen LogP contribution in [0, 0.1) is 6.92 Å². The zero-order valence-corrected chi connectivity index (χ0v) is 16.6. The van der Waals surface area contributed by atoms with Crippen LogP contribution in [-0.4, -0.2) is 61.6 Å². The smallest absolute Gasteiger partial charge is 0.324 e. The number of ether oxygens (including phenoxy) is 1. The van der Waals surface area contributed by atoms with Crippen LogP contribution in [0.3, 0.4) is 0 Å². The van der Waals surface area contributed by atoms with Crippen LogP contribution >= 0.6 is 37.2 Å². The number of benzene rings is 1. The number of rotatable bonds is 5. The number of halogens is 3. The van der Waals surface area contributed by atoms with Gasteiger partial charge in [-0.25, -0.2) is 0 Å². The molecule has 8 heteroatoms. The van der Waals surface area contributed by atoms with Gasteiger partial charge in [-0.05, 0) is 12.5 Å². The Bertz CT molecular complexity index is 466. The highest BCUT2D eigenvalue weighted by Crippen LogP contribution is 2.12. The lowest BCUT2D eigenvalue weighted by Gasteiger charge is -2.37. The van der Waals surface area contributed by atoms with Crippen molar-refractivity contribution in [3.63, 3.8) is 0 Å². The quantitative estimate of drug-likeness (QED) is 0.765. The first kappa shape index (κ1) is 25.7. The van der Waals surface area contributed by atoms with E-state index < -0.39 is 0 Å². The highest BCUT2D eigenvalue weighted by atomic mass is 35.5. The summed E-state index contributed by atoms with van der Waals surface area (Å²) in [6.45, 7) is 6.96. The molecular weight excluding hydrogens is 373 g/mol. The molecule has 1 aliphatic heterocycles. The molecule has 1 heterocycles. The predicted octanol–water partition coefficient (Wildman–Crippen LogP) is 1.88. The van der Waals surface area contributed by atoms with Crippen molar-refractivity contribution >= 4 is 43.2 Å². The summed E-state index contributed by atoms with van der Waals surface area (Å²) >= 11 is 0. The van der Waals surface area contributed by atoms with Crippen molar-refractivity contribution in [3.05, 3.63) is 35.4 Å². The van der Waals surface area contributed by atoms with Crippen LogP contribution in [-0.2, 0) is 16.1 Å². The first-order valence-corrected chi connectivity index (χ1v) is 7.44. The largest absolute Gasteiger partial charge is 0.468 e. The molecule has 0 aromatic heterocycles. The van der Waals surface area contributed by atoms with Gasteiger partial charge in [0.25, 0.3) is 0 Å². The minimum absolute atomic E-state index is 0. The molecule has 0 aliphatic carbocycles. The van der Waals surface area contributed by atoms with Crippen molar-refractivity contribution in [2.45, 2.75) is 19.5 Å². The molecular formula is C16H28Cl3N3O2. The summed E-state index contributed by atoms with van der Waals surface area (Å²) in [5.74, 6) is -0.232. The number of piperazine rings is 1. The third-order valence-electron chi connectivity index (χ3n) is 4.07. The van der Waals surface area contributed by atoms with E-state index >= 15 is 0 Å². The molecule has 2 rings (SSSR count). The van der Waals surface area contributed by atoms with Gasteiger partial charge in [0.1, 0.15) is 6.04 Å².